The Morgan fingerprint density at radius 2 is 1.42 bits per heavy atom. The number of nitrogen functional groups attached to an aromatic ring is 1. The summed E-state index contributed by atoms with van der Waals surface area (Å²) in [6.07, 6.45) is 3.63. The smallest absolute Gasteiger partial charge is 0.173 e. The van der Waals surface area contributed by atoms with E-state index in [0.717, 1.165) is 42.3 Å². The van der Waals surface area contributed by atoms with E-state index in [1.54, 1.807) is 0 Å². The molecule has 7 heteroatoms. The SMILES string of the molecule is CCCCOc1ccc(Nc2ncnc(NN(c3ccccc3)c3ccccc3)c2N)cc1. The molecule has 0 aliphatic rings. The number of unbranched alkanes of at least 4 members (excludes halogenated alkanes) is 1. The van der Waals surface area contributed by atoms with Crippen LogP contribution in [0.15, 0.2) is 91.3 Å². The van der Waals surface area contributed by atoms with Crippen LogP contribution in [0.25, 0.3) is 0 Å². The lowest BCUT2D eigenvalue weighted by molar-refractivity contribution is 0.309. The number of nitrogens with zero attached hydrogens (tertiary/aromatic N) is 3. The molecule has 168 valence electrons. The van der Waals surface area contributed by atoms with E-state index >= 15 is 0 Å². The van der Waals surface area contributed by atoms with Gasteiger partial charge in [0.2, 0.25) is 0 Å². The number of ether oxygens (including phenoxy) is 1. The van der Waals surface area contributed by atoms with Gasteiger partial charge >= 0.3 is 0 Å². The fourth-order valence-corrected chi connectivity index (χ4v) is 3.23. The van der Waals surface area contributed by atoms with Crippen LogP contribution < -0.4 is 26.2 Å². The second-order valence-electron chi connectivity index (χ2n) is 7.45. The van der Waals surface area contributed by atoms with Crippen molar-refractivity contribution in [2.75, 3.05) is 28.1 Å². The lowest BCUT2D eigenvalue weighted by atomic mass is 10.2. The Bertz CT molecular complexity index is 1100. The maximum atomic E-state index is 6.45. The van der Waals surface area contributed by atoms with Crippen molar-refractivity contribution < 1.29 is 4.74 Å². The second kappa shape index (κ2) is 10.9. The first-order chi connectivity index (χ1) is 16.2. The van der Waals surface area contributed by atoms with Gasteiger partial charge in [-0.2, -0.15) is 0 Å². The largest absolute Gasteiger partial charge is 0.494 e. The number of hydrogen-bond donors (Lipinski definition) is 3. The van der Waals surface area contributed by atoms with Gasteiger partial charge < -0.3 is 15.8 Å². The highest BCUT2D eigenvalue weighted by Crippen LogP contribution is 2.30. The van der Waals surface area contributed by atoms with E-state index in [0.29, 0.717) is 17.3 Å². The average Bonchev–Trinajstić information content (AvgIpc) is 2.87. The zero-order valence-electron chi connectivity index (χ0n) is 18.6. The Kier molecular flexibility index (Phi) is 7.22. The van der Waals surface area contributed by atoms with E-state index in [-0.39, 0.29) is 0 Å². The molecule has 0 bridgehead atoms. The molecule has 0 fully saturated rings. The monoisotopic (exact) mass is 440 g/mol. The fourth-order valence-electron chi connectivity index (χ4n) is 3.23. The quantitative estimate of drug-likeness (QED) is 0.201. The predicted octanol–water partition coefficient (Wildman–Crippen LogP) is 6.15. The molecule has 0 unspecified atom stereocenters. The zero-order valence-corrected chi connectivity index (χ0v) is 18.6. The third-order valence-electron chi connectivity index (χ3n) is 5.01. The van der Waals surface area contributed by atoms with Gasteiger partial charge in [0.25, 0.3) is 0 Å². The number of nitrogens with one attached hydrogen (secondary N) is 2. The maximum Gasteiger partial charge on any atom is 0.173 e. The number of nitrogens with two attached hydrogens (primary N) is 1. The van der Waals surface area contributed by atoms with Crippen LogP contribution in [0.3, 0.4) is 0 Å². The summed E-state index contributed by atoms with van der Waals surface area (Å²) in [6, 6.07) is 27.7. The number of para-hydroxylation sites is 2. The summed E-state index contributed by atoms with van der Waals surface area (Å²) < 4.78 is 5.73. The van der Waals surface area contributed by atoms with Crippen molar-refractivity contribution in [3.63, 3.8) is 0 Å². The van der Waals surface area contributed by atoms with E-state index in [1.807, 2.05) is 89.9 Å². The first-order valence-corrected chi connectivity index (χ1v) is 11.0. The van der Waals surface area contributed by atoms with Crippen molar-refractivity contribution in [1.29, 1.82) is 0 Å². The van der Waals surface area contributed by atoms with Gasteiger partial charge in [-0.1, -0.05) is 49.7 Å². The van der Waals surface area contributed by atoms with E-state index in [2.05, 4.69) is 27.6 Å². The van der Waals surface area contributed by atoms with Crippen LogP contribution in [0.2, 0.25) is 0 Å². The number of anilines is 6. The number of hydrogen-bond acceptors (Lipinski definition) is 7. The van der Waals surface area contributed by atoms with Crippen LogP contribution in [0.1, 0.15) is 19.8 Å². The summed E-state index contributed by atoms with van der Waals surface area (Å²) >= 11 is 0. The number of aromatic nitrogens is 2. The van der Waals surface area contributed by atoms with E-state index < -0.39 is 0 Å². The molecule has 0 aliphatic carbocycles. The Morgan fingerprint density at radius 3 is 2.03 bits per heavy atom. The summed E-state index contributed by atoms with van der Waals surface area (Å²) in [5.74, 6) is 1.86. The Morgan fingerprint density at radius 1 is 0.818 bits per heavy atom. The minimum atomic E-state index is 0.414. The molecular formula is C26H28N6O. The van der Waals surface area contributed by atoms with Crippen molar-refractivity contribution >= 4 is 34.4 Å². The first kappa shape index (κ1) is 22.0. The second-order valence-corrected chi connectivity index (χ2v) is 7.45. The van der Waals surface area contributed by atoms with Crippen LogP contribution in [0.4, 0.5) is 34.4 Å². The van der Waals surface area contributed by atoms with E-state index in [1.165, 1.54) is 6.33 Å². The summed E-state index contributed by atoms with van der Waals surface area (Å²) in [4.78, 5) is 8.71. The van der Waals surface area contributed by atoms with Crippen LogP contribution in [-0.2, 0) is 0 Å². The van der Waals surface area contributed by atoms with Gasteiger partial charge in [-0.3, -0.25) is 10.4 Å². The van der Waals surface area contributed by atoms with Crippen LogP contribution in [-0.4, -0.2) is 16.6 Å². The third kappa shape index (κ3) is 5.71. The maximum absolute atomic E-state index is 6.45. The molecule has 0 spiro atoms. The van der Waals surface area contributed by atoms with Crippen molar-refractivity contribution in [3.8, 4) is 5.75 Å². The Hall–Kier alpha value is -4.26. The standard InChI is InChI=1S/C26H28N6O/c1-2-3-18-33-23-16-14-20(15-17-23)30-25-24(27)26(29-19-28-25)31-32(21-10-6-4-7-11-21)22-12-8-5-9-13-22/h4-17,19H,2-3,18,27H2,1H3,(H2,28,29,30,31). The van der Waals surface area contributed by atoms with Gasteiger partial charge in [0.05, 0.1) is 18.0 Å². The van der Waals surface area contributed by atoms with Gasteiger partial charge in [-0.25, -0.2) is 9.97 Å². The Balaban J connectivity index is 1.53. The summed E-state index contributed by atoms with van der Waals surface area (Å²) in [5.41, 5.74) is 13.0. The first-order valence-electron chi connectivity index (χ1n) is 11.0. The molecule has 0 aliphatic heterocycles. The van der Waals surface area contributed by atoms with Crippen molar-refractivity contribution in [3.05, 3.63) is 91.3 Å². The fraction of sp³-hybridized carbons (Fsp3) is 0.154. The summed E-state index contributed by atoms with van der Waals surface area (Å²) in [6.45, 7) is 2.86. The van der Waals surface area contributed by atoms with Crippen molar-refractivity contribution in [2.24, 2.45) is 0 Å². The van der Waals surface area contributed by atoms with Gasteiger partial charge in [-0.15, -0.1) is 0 Å². The van der Waals surface area contributed by atoms with E-state index in [4.69, 9.17) is 10.5 Å². The Labute approximate surface area is 194 Å². The number of hydrazine groups is 1. The van der Waals surface area contributed by atoms with Crippen LogP contribution in [0, 0.1) is 0 Å². The van der Waals surface area contributed by atoms with Gasteiger partial charge in [0.15, 0.2) is 11.6 Å². The van der Waals surface area contributed by atoms with E-state index in [9.17, 15) is 0 Å². The molecule has 0 radical (unpaired) electrons. The third-order valence-corrected chi connectivity index (χ3v) is 5.01. The topological polar surface area (TPSA) is 88.3 Å². The molecule has 0 saturated carbocycles. The molecule has 4 N–H and O–H groups in total. The molecule has 3 aromatic carbocycles. The molecule has 4 rings (SSSR count). The van der Waals surface area contributed by atoms with Crippen molar-refractivity contribution in [2.45, 2.75) is 19.8 Å². The van der Waals surface area contributed by atoms with Gasteiger partial charge in [0.1, 0.15) is 17.8 Å². The molecule has 0 saturated heterocycles. The molecule has 1 aromatic heterocycles. The predicted molar refractivity (Wildman–Crippen MR) is 135 cm³/mol. The molecule has 33 heavy (non-hydrogen) atoms. The van der Waals surface area contributed by atoms with Crippen molar-refractivity contribution in [1.82, 2.24) is 9.97 Å². The molecule has 1 heterocycles. The minimum Gasteiger partial charge on any atom is -0.494 e. The molecular weight excluding hydrogens is 412 g/mol. The molecule has 0 atom stereocenters. The average molecular weight is 441 g/mol. The zero-order chi connectivity index (χ0) is 22.9. The lowest BCUT2D eigenvalue weighted by Gasteiger charge is -2.26. The number of rotatable bonds is 10. The highest BCUT2D eigenvalue weighted by molar-refractivity contribution is 5.80. The highest BCUT2D eigenvalue weighted by atomic mass is 16.5. The molecule has 4 aromatic rings. The van der Waals surface area contributed by atoms with Gasteiger partial charge in [-0.05, 0) is 55.0 Å². The van der Waals surface area contributed by atoms with Crippen LogP contribution in [0.5, 0.6) is 5.75 Å². The van der Waals surface area contributed by atoms with Crippen LogP contribution >= 0.6 is 0 Å². The summed E-state index contributed by atoms with van der Waals surface area (Å²) in [5, 5.41) is 5.21. The highest BCUT2D eigenvalue weighted by Gasteiger charge is 2.14. The normalized spacial score (nSPS) is 10.5. The van der Waals surface area contributed by atoms with Gasteiger partial charge in [0, 0.05) is 5.69 Å². The lowest BCUT2D eigenvalue weighted by Crippen LogP contribution is -2.26. The summed E-state index contributed by atoms with van der Waals surface area (Å²) in [7, 11) is 0. The number of benzene rings is 3. The molecule has 0 amide bonds. The molecule has 7 nitrogen and oxygen atoms in total. The minimum absolute atomic E-state index is 0.414.